The number of ether oxygens (including phenoxy) is 1. The third kappa shape index (κ3) is 4.88. The fourth-order valence-electron chi connectivity index (χ4n) is 3.79. The number of hydrogen-bond donors (Lipinski definition) is 2. The Kier molecular flexibility index (Phi) is 6.42. The van der Waals surface area contributed by atoms with E-state index in [1.807, 2.05) is 6.92 Å². The van der Waals surface area contributed by atoms with E-state index < -0.39 is 0 Å². The Hall–Kier alpha value is -3.71. The van der Waals surface area contributed by atoms with Gasteiger partial charge in [0.2, 0.25) is 11.8 Å². The van der Waals surface area contributed by atoms with Crippen LogP contribution < -0.4 is 10.6 Å². The molecule has 1 aromatic heterocycles. The normalized spacial score (nSPS) is 17.3. The molecule has 1 aromatic carbocycles. The Balaban J connectivity index is 1.57. The summed E-state index contributed by atoms with van der Waals surface area (Å²) >= 11 is 0. The molecule has 2 N–H and O–H groups in total. The Labute approximate surface area is 191 Å². The van der Waals surface area contributed by atoms with Crippen molar-refractivity contribution in [2.45, 2.75) is 32.2 Å². The molecule has 1 aliphatic carbocycles. The van der Waals surface area contributed by atoms with Crippen molar-refractivity contribution >= 4 is 23.4 Å². The topological polar surface area (TPSA) is 129 Å². The summed E-state index contributed by atoms with van der Waals surface area (Å²) in [6.07, 6.45) is 1.95. The second-order valence-electron chi connectivity index (χ2n) is 8.37. The number of methoxy groups -OCH3 is 1. The van der Waals surface area contributed by atoms with Crippen molar-refractivity contribution in [1.82, 2.24) is 20.0 Å². The van der Waals surface area contributed by atoms with E-state index in [4.69, 9.17) is 4.74 Å². The van der Waals surface area contributed by atoms with E-state index in [9.17, 15) is 19.6 Å². The number of nitrogens with one attached hydrogen (secondary N) is 2. The van der Waals surface area contributed by atoms with Crippen LogP contribution in [0, 0.1) is 17.2 Å². The summed E-state index contributed by atoms with van der Waals surface area (Å²) in [6.45, 7) is 2.76. The molecule has 0 bridgehead atoms. The van der Waals surface area contributed by atoms with Crippen molar-refractivity contribution in [3.8, 4) is 17.3 Å². The lowest BCUT2D eigenvalue weighted by molar-refractivity contribution is -0.122. The molecule has 1 saturated carbocycles. The van der Waals surface area contributed by atoms with Crippen LogP contribution in [0.5, 0.6) is 0 Å². The first kappa shape index (κ1) is 22.5. The van der Waals surface area contributed by atoms with Gasteiger partial charge in [0.25, 0.3) is 5.91 Å². The fraction of sp³-hybridized carbons (Fsp3) is 0.435. The quantitative estimate of drug-likeness (QED) is 0.632. The highest BCUT2D eigenvalue weighted by molar-refractivity contribution is 5.99. The monoisotopic (exact) mass is 450 g/mol. The van der Waals surface area contributed by atoms with Crippen molar-refractivity contribution in [1.29, 1.82) is 5.26 Å². The smallest absolute Gasteiger partial charge is 0.273 e. The van der Waals surface area contributed by atoms with Gasteiger partial charge in [-0.2, -0.15) is 10.4 Å². The van der Waals surface area contributed by atoms with Gasteiger partial charge in [0.15, 0.2) is 0 Å². The van der Waals surface area contributed by atoms with Gasteiger partial charge >= 0.3 is 0 Å². The minimum atomic E-state index is -0.240. The molecule has 10 heteroatoms. The fourth-order valence-corrected chi connectivity index (χ4v) is 3.79. The standard InChI is InChI=1S/C23H26N6O4/c1-14-12-28(13-25-21(30)7-8-33-2)23(32)20-10-19(27-29(14)20)17-6-3-15(11-24)9-18(17)26-22(31)16-4-5-16/h3,6,9-10,14,16H,4-5,7-8,12-13H2,1-2H3,(H,25,30)(H,26,31)/t14-/m0/s1. The van der Waals surface area contributed by atoms with Crippen LogP contribution in [0.25, 0.3) is 11.3 Å². The number of hydrogen-bond acceptors (Lipinski definition) is 6. The number of anilines is 1. The van der Waals surface area contributed by atoms with Crippen molar-refractivity contribution in [3.05, 3.63) is 35.5 Å². The van der Waals surface area contributed by atoms with Gasteiger partial charge in [0, 0.05) is 31.6 Å². The number of nitrogens with zero attached hydrogens (tertiary/aromatic N) is 4. The molecular weight excluding hydrogens is 424 g/mol. The van der Waals surface area contributed by atoms with Gasteiger partial charge in [-0.3, -0.25) is 19.1 Å². The summed E-state index contributed by atoms with van der Waals surface area (Å²) in [7, 11) is 1.53. The maximum atomic E-state index is 13.1. The molecule has 10 nitrogen and oxygen atoms in total. The van der Waals surface area contributed by atoms with Crippen LogP contribution in [0.15, 0.2) is 24.3 Å². The van der Waals surface area contributed by atoms with Crippen LogP contribution >= 0.6 is 0 Å². The summed E-state index contributed by atoms with van der Waals surface area (Å²) in [5.41, 5.74) is 2.51. The van der Waals surface area contributed by atoms with E-state index in [-0.39, 0.29) is 42.8 Å². The second-order valence-corrected chi connectivity index (χ2v) is 8.37. The highest BCUT2D eigenvalue weighted by Gasteiger charge is 2.33. The number of carbonyl (C=O) groups excluding carboxylic acids is 3. The van der Waals surface area contributed by atoms with Crippen molar-refractivity contribution < 1.29 is 19.1 Å². The first-order valence-electron chi connectivity index (χ1n) is 10.9. The molecular formula is C23H26N6O4. The Morgan fingerprint density at radius 1 is 1.30 bits per heavy atom. The number of carbonyl (C=O) groups is 3. The molecule has 33 heavy (non-hydrogen) atoms. The van der Waals surface area contributed by atoms with Gasteiger partial charge < -0.3 is 20.3 Å². The van der Waals surface area contributed by atoms with Gasteiger partial charge in [0.1, 0.15) is 5.69 Å². The zero-order valence-corrected chi connectivity index (χ0v) is 18.6. The third-order valence-corrected chi connectivity index (χ3v) is 5.78. The predicted molar refractivity (Wildman–Crippen MR) is 119 cm³/mol. The molecule has 2 aliphatic rings. The van der Waals surface area contributed by atoms with Crippen LogP contribution in [-0.2, 0) is 14.3 Å². The number of rotatable bonds is 8. The molecule has 0 unspecified atom stereocenters. The van der Waals surface area contributed by atoms with Crippen LogP contribution in [0.1, 0.15) is 48.3 Å². The van der Waals surface area contributed by atoms with Crippen LogP contribution in [-0.4, -0.2) is 59.3 Å². The largest absolute Gasteiger partial charge is 0.384 e. The average molecular weight is 450 g/mol. The molecule has 172 valence electrons. The van der Waals surface area contributed by atoms with Crippen molar-refractivity contribution in [2.75, 3.05) is 32.2 Å². The minimum Gasteiger partial charge on any atom is -0.384 e. The minimum absolute atomic E-state index is 0.00745. The summed E-state index contributed by atoms with van der Waals surface area (Å²) in [5, 5.41) is 19.6. The molecule has 1 atom stereocenters. The van der Waals surface area contributed by atoms with Gasteiger partial charge in [-0.15, -0.1) is 0 Å². The van der Waals surface area contributed by atoms with Crippen LogP contribution in [0.2, 0.25) is 0 Å². The second kappa shape index (κ2) is 9.42. The number of fused-ring (bicyclic) bond motifs is 1. The lowest BCUT2D eigenvalue weighted by atomic mass is 10.1. The van der Waals surface area contributed by atoms with Crippen LogP contribution in [0.3, 0.4) is 0 Å². The zero-order chi connectivity index (χ0) is 23.5. The number of amides is 3. The van der Waals surface area contributed by atoms with E-state index in [0.717, 1.165) is 12.8 Å². The Morgan fingerprint density at radius 2 is 2.09 bits per heavy atom. The Bertz CT molecular complexity index is 1130. The lowest BCUT2D eigenvalue weighted by Crippen LogP contribution is -2.47. The Morgan fingerprint density at radius 3 is 2.79 bits per heavy atom. The summed E-state index contributed by atoms with van der Waals surface area (Å²) in [5.74, 6) is -0.495. The first-order chi connectivity index (χ1) is 15.9. The van der Waals surface area contributed by atoms with E-state index in [1.54, 1.807) is 33.8 Å². The molecule has 1 aliphatic heterocycles. The molecule has 1 fully saturated rings. The van der Waals surface area contributed by atoms with E-state index in [0.29, 0.717) is 41.4 Å². The molecule has 3 amide bonds. The maximum Gasteiger partial charge on any atom is 0.273 e. The number of aromatic nitrogens is 2. The molecule has 2 aromatic rings. The first-order valence-corrected chi connectivity index (χ1v) is 10.9. The van der Waals surface area contributed by atoms with Crippen molar-refractivity contribution in [2.24, 2.45) is 5.92 Å². The van der Waals surface area contributed by atoms with Crippen LogP contribution in [0.4, 0.5) is 5.69 Å². The zero-order valence-electron chi connectivity index (χ0n) is 18.6. The summed E-state index contributed by atoms with van der Waals surface area (Å²) < 4.78 is 6.57. The summed E-state index contributed by atoms with van der Waals surface area (Å²) in [6, 6.07) is 8.69. The molecule has 4 rings (SSSR count). The summed E-state index contributed by atoms with van der Waals surface area (Å²) in [4.78, 5) is 38.9. The average Bonchev–Trinajstić information content (AvgIpc) is 3.57. The van der Waals surface area contributed by atoms with E-state index in [1.165, 1.54) is 7.11 Å². The molecule has 0 radical (unpaired) electrons. The molecule has 0 spiro atoms. The van der Waals surface area contributed by atoms with Crippen molar-refractivity contribution in [3.63, 3.8) is 0 Å². The maximum absolute atomic E-state index is 13.1. The molecule has 2 heterocycles. The highest BCUT2D eigenvalue weighted by Crippen LogP contribution is 2.34. The van der Waals surface area contributed by atoms with E-state index >= 15 is 0 Å². The van der Waals surface area contributed by atoms with Gasteiger partial charge in [-0.1, -0.05) is 0 Å². The van der Waals surface area contributed by atoms with Gasteiger partial charge in [-0.05, 0) is 44.0 Å². The van der Waals surface area contributed by atoms with E-state index in [2.05, 4.69) is 21.8 Å². The lowest BCUT2D eigenvalue weighted by Gasteiger charge is -2.31. The number of benzene rings is 1. The van der Waals surface area contributed by atoms with Gasteiger partial charge in [0.05, 0.1) is 42.3 Å². The predicted octanol–water partition coefficient (Wildman–Crippen LogP) is 1.90. The van der Waals surface area contributed by atoms with Gasteiger partial charge in [-0.25, -0.2) is 0 Å². The highest BCUT2D eigenvalue weighted by atomic mass is 16.5. The number of nitriles is 1. The SMILES string of the molecule is COCCC(=O)NCN1C[C@H](C)n2nc(-c3ccc(C#N)cc3NC(=O)C3CC3)cc2C1=O. The molecule has 0 saturated heterocycles. The third-order valence-electron chi connectivity index (χ3n) is 5.78.